The number of rotatable bonds is 4. The Balaban J connectivity index is 0.00000256. The van der Waals surface area contributed by atoms with E-state index in [0.29, 0.717) is 16.1 Å². The minimum absolute atomic E-state index is 0. The zero-order chi connectivity index (χ0) is 20.2. The number of aromatic nitrogens is 1. The first-order valence-corrected chi connectivity index (χ1v) is 10.7. The first-order valence-electron chi connectivity index (χ1n) is 9.86. The molecule has 0 radical (unpaired) electrons. The van der Waals surface area contributed by atoms with Crippen molar-refractivity contribution in [3.05, 3.63) is 75.9 Å². The van der Waals surface area contributed by atoms with E-state index in [2.05, 4.69) is 15.6 Å². The Morgan fingerprint density at radius 1 is 1.00 bits per heavy atom. The van der Waals surface area contributed by atoms with Gasteiger partial charge in [0.05, 0.1) is 11.1 Å². The van der Waals surface area contributed by atoms with Crippen molar-refractivity contribution in [3.63, 3.8) is 0 Å². The summed E-state index contributed by atoms with van der Waals surface area (Å²) in [6, 6.07) is 11.2. The van der Waals surface area contributed by atoms with Gasteiger partial charge in [0, 0.05) is 23.0 Å². The minimum Gasteiger partial charge on any atom is -0.322 e. The summed E-state index contributed by atoms with van der Waals surface area (Å²) < 4.78 is 0. The van der Waals surface area contributed by atoms with Gasteiger partial charge >= 0.3 is 0 Å². The summed E-state index contributed by atoms with van der Waals surface area (Å²) in [7, 11) is 0. The van der Waals surface area contributed by atoms with Crippen molar-refractivity contribution in [2.24, 2.45) is 0 Å². The zero-order valence-electron chi connectivity index (χ0n) is 16.7. The van der Waals surface area contributed by atoms with E-state index in [1.165, 1.54) is 22.4 Å². The summed E-state index contributed by atoms with van der Waals surface area (Å²) in [6.07, 6.45) is 8.31. The molecule has 5 nitrogen and oxygen atoms in total. The third-order valence-corrected chi connectivity index (χ3v) is 6.28. The highest BCUT2D eigenvalue weighted by atomic mass is 35.5. The average Bonchev–Trinajstić information content (AvgIpc) is 2.89. The van der Waals surface area contributed by atoms with Crippen LogP contribution in [-0.2, 0) is 12.8 Å². The van der Waals surface area contributed by atoms with Crippen molar-refractivity contribution in [1.82, 2.24) is 4.98 Å². The number of carbonyl (C=O) groups is 2. The smallest absolute Gasteiger partial charge is 0.258 e. The summed E-state index contributed by atoms with van der Waals surface area (Å²) in [6.45, 7) is 1.99. The molecule has 1 aliphatic rings. The lowest BCUT2D eigenvalue weighted by Crippen LogP contribution is -2.18. The molecule has 1 aliphatic carbocycles. The molecule has 156 valence electrons. The van der Waals surface area contributed by atoms with Crippen LogP contribution in [0.15, 0.2) is 48.8 Å². The van der Waals surface area contributed by atoms with E-state index in [-0.39, 0.29) is 24.2 Å². The maximum Gasteiger partial charge on any atom is 0.258 e. The molecule has 1 aromatic carbocycles. The van der Waals surface area contributed by atoms with Crippen LogP contribution >= 0.6 is 23.7 Å². The van der Waals surface area contributed by atoms with Crippen LogP contribution in [0.1, 0.15) is 56.0 Å². The summed E-state index contributed by atoms with van der Waals surface area (Å²) in [5.74, 6) is -0.421. The normalized spacial score (nSPS) is 12.8. The summed E-state index contributed by atoms with van der Waals surface area (Å²) >= 11 is 1.53. The van der Waals surface area contributed by atoms with Crippen molar-refractivity contribution in [3.8, 4) is 0 Å². The van der Waals surface area contributed by atoms with Gasteiger partial charge in [0.1, 0.15) is 5.00 Å². The van der Waals surface area contributed by atoms with Crippen molar-refractivity contribution in [2.45, 2.75) is 39.0 Å². The maximum atomic E-state index is 13.2. The van der Waals surface area contributed by atoms with E-state index >= 15 is 0 Å². The fourth-order valence-corrected chi connectivity index (χ4v) is 4.94. The number of pyridine rings is 1. The van der Waals surface area contributed by atoms with Gasteiger partial charge in [-0.15, -0.1) is 23.7 Å². The van der Waals surface area contributed by atoms with Crippen LogP contribution < -0.4 is 10.6 Å². The number of nitrogens with zero attached hydrogens (tertiary/aromatic N) is 1. The molecular formula is C23H24ClN3O2S. The van der Waals surface area contributed by atoms with E-state index in [1.807, 2.05) is 31.2 Å². The molecule has 0 saturated heterocycles. The lowest BCUT2D eigenvalue weighted by molar-refractivity contribution is 0.102. The van der Waals surface area contributed by atoms with Crippen LogP contribution in [0.3, 0.4) is 0 Å². The number of aryl methyl sites for hydroxylation is 2. The van der Waals surface area contributed by atoms with Crippen LogP contribution in [0.5, 0.6) is 0 Å². The molecule has 30 heavy (non-hydrogen) atoms. The molecule has 0 bridgehead atoms. The monoisotopic (exact) mass is 441 g/mol. The summed E-state index contributed by atoms with van der Waals surface area (Å²) in [4.78, 5) is 31.2. The topological polar surface area (TPSA) is 71.1 Å². The minimum atomic E-state index is -0.251. The van der Waals surface area contributed by atoms with Gasteiger partial charge in [-0.2, -0.15) is 0 Å². The highest BCUT2D eigenvalue weighted by Crippen LogP contribution is 2.38. The van der Waals surface area contributed by atoms with E-state index in [4.69, 9.17) is 0 Å². The number of benzene rings is 1. The van der Waals surface area contributed by atoms with Crippen LogP contribution in [0, 0.1) is 6.92 Å². The second kappa shape index (κ2) is 9.87. The molecule has 2 amide bonds. The van der Waals surface area contributed by atoms with Gasteiger partial charge in [-0.05, 0) is 68.0 Å². The molecule has 0 fully saturated rings. The molecule has 0 spiro atoms. The van der Waals surface area contributed by atoms with E-state index < -0.39 is 0 Å². The number of thiophene rings is 1. The largest absolute Gasteiger partial charge is 0.322 e. The van der Waals surface area contributed by atoms with E-state index in [1.54, 1.807) is 18.3 Å². The molecule has 4 rings (SSSR count). The lowest BCUT2D eigenvalue weighted by atomic mass is 10.0. The Morgan fingerprint density at radius 2 is 1.83 bits per heavy atom. The van der Waals surface area contributed by atoms with Crippen molar-refractivity contribution >= 4 is 46.2 Å². The molecule has 7 heteroatoms. The Bertz CT molecular complexity index is 1050. The van der Waals surface area contributed by atoms with Gasteiger partial charge in [-0.25, -0.2) is 0 Å². The molecule has 0 atom stereocenters. The second-order valence-electron chi connectivity index (χ2n) is 7.29. The Kier molecular flexibility index (Phi) is 7.24. The quantitative estimate of drug-likeness (QED) is 0.514. The van der Waals surface area contributed by atoms with Crippen LogP contribution in [0.25, 0.3) is 0 Å². The number of anilines is 2. The zero-order valence-corrected chi connectivity index (χ0v) is 18.4. The summed E-state index contributed by atoms with van der Waals surface area (Å²) in [5, 5.41) is 6.60. The molecule has 0 aliphatic heterocycles. The van der Waals surface area contributed by atoms with Gasteiger partial charge in [-0.1, -0.05) is 18.6 Å². The molecule has 2 heterocycles. The van der Waals surface area contributed by atoms with Crippen LogP contribution in [0.2, 0.25) is 0 Å². The number of amides is 2. The van der Waals surface area contributed by atoms with Gasteiger partial charge in [0.25, 0.3) is 11.8 Å². The fraction of sp³-hybridized carbons (Fsp3) is 0.261. The summed E-state index contributed by atoms with van der Waals surface area (Å²) in [5.41, 5.74) is 4.00. The predicted molar refractivity (Wildman–Crippen MR) is 124 cm³/mol. The Labute approximate surface area is 186 Å². The lowest BCUT2D eigenvalue weighted by Gasteiger charge is -2.10. The number of hydrogen-bond donors (Lipinski definition) is 2. The first-order chi connectivity index (χ1) is 14.1. The molecule has 3 aromatic rings. The highest BCUT2D eigenvalue weighted by molar-refractivity contribution is 7.17. The third-order valence-electron chi connectivity index (χ3n) is 5.08. The van der Waals surface area contributed by atoms with Crippen molar-refractivity contribution < 1.29 is 9.59 Å². The van der Waals surface area contributed by atoms with Crippen LogP contribution in [0.4, 0.5) is 10.7 Å². The number of hydrogen-bond acceptors (Lipinski definition) is 4. The predicted octanol–water partition coefficient (Wildman–Crippen LogP) is 5.65. The second-order valence-corrected chi connectivity index (χ2v) is 8.39. The molecular weight excluding hydrogens is 418 g/mol. The highest BCUT2D eigenvalue weighted by Gasteiger charge is 2.26. The molecule has 0 saturated carbocycles. The number of fused-ring (bicyclic) bond motifs is 1. The van der Waals surface area contributed by atoms with E-state index in [9.17, 15) is 9.59 Å². The molecule has 2 aromatic heterocycles. The molecule has 2 N–H and O–H groups in total. The standard InChI is InChI=1S/C23H23N3O2S.ClH/c1-15-7-5-9-17(13-15)25-22(28)20-18-10-3-2-4-11-19(18)29-23(20)26-21(27)16-8-6-12-24-14-16;/h5-9,12-14H,2-4,10-11H2,1H3,(H,25,28)(H,26,27);1H. The Morgan fingerprint density at radius 3 is 2.60 bits per heavy atom. The van der Waals surface area contributed by atoms with Crippen molar-refractivity contribution in [2.75, 3.05) is 10.6 Å². The maximum absolute atomic E-state index is 13.2. The number of nitrogens with one attached hydrogen (secondary N) is 2. The number of halogens is 1. The Hall–Kier alpha value is -2.70. The van der Waals surface area contributed by atoms with Crippen LogP contribution in [-0.4, -0.2) is 16.8 Å². The SMILES string of the molecule is Cc1cccc(NC(=O)c2c(NC(=O)c3cccnc3)sc3c2CCCCC3)c1.Cl. The van der Waals surface area contributed by atoms with E-state index in [0.717, 1.165) is 48.9 Å². The molecule has 0 unspecified atom stereocenters. The van der Waals surface area contributed by atoms with Gasteiger partial charge in [0.2, 0.25) is 0 Å². The first kappa shape index (κ1) is 22.0. The van der Waals surface area contributed by atoms with Gasteiger partial charge < -0.3 is 10.6 Å². The number of carbonyl (C=O) groups excluding carboxylic acids is 2. The van der Waals surface area contributed by atoms with Gasteiger partial charge in [0.15, 0.2) is 0 Å². The van der Waals surface area contributed by atoms with Crippen molar-refractivity contribution in [1.29, 1.82) is 0 Å². The average molecular weight is 442 g/mol. The third kappa shape index (κ3) is 4.89. The fourth-order valence-electron chi connectivity index (χ4n) is 3.66. The van der Waals surface area contributed by atoms with Gasteiger partial charge in [-0.3, -0.25) is 14.6 Å².